The van der Waals surface area contributed by atoms with Gasteiger partial charge in [0.2, 0.25) is 0 Å². The van der Waals surface area contributed by atoms with Crippen LogP contribution in [-0.2, 0) is 9.59 Å². The highest BCUT2D eigenvalue weighted by atomic mass is 35.5. The monoisotopic (exact) mass is 401 g/mol. The lowest BCUT2D eigenvalue weighted by Crippen LogP contribution is -2.14. The van der Waals surface area contributed by atoms with Gasteiger partial charge in [-0.15, -0.1) is 0 Å². The fourth-order valence-electron chi connectivity index (χ4n) is 3.67. The van der Waals surface area contributed by atoms with Gasteiger partial charge in [0.25, 0.3) is 0 Å². The molecule has 2 heterocycles. The van der Waals surface area contributed by atoms with Gasteiger partial charge >= 0.3 is 11.9 Å². The summed E-state index contributed by atoms with van der Waals surface area (Å²) in [6.07, 6.45) is 1.12. The second kappa shape index (κ2) is 8.46. The molecule has 1 saturated heterocycles. The number of hydrogen-bond acceptors (Lipinski definition) is 4. The molecule has 7 heteroatoms. The van der Waals surface area contributed by atoms with E-state index in [4.69, 9.17) is 26.6 Å². The van der Waals surface area contributed by atoms with Crippen LogP contribution in [0.1, 0.15) is 23.0 Å². The first-order chi connectivity index (χ1) is 13.3. The molecule has 28 heavy (non-hydrogen) atoms. The number of halogens is 1. The quantitative estimate of drug-likeness (QED) is 0.740. The molecule has 146 valence electrons. The number of carbonyl (C=O) groups is 2. The Morgan fingerprint density at radius 3 is 2.21 bits per heavy atom. The van der Waals surface area contributed by atoms with Crippen LogP contribution in [0.2, 0.25) is 5.02 Å². The zero-order chi connectivity index (χ0) is 20.3. The fraction of sp³-hybridized carbons (Fsp3) is 0.238. The van der Waals surface area contributed by atoms with Crippen LogP contribution < -0.4 is 4.74 Å². The standard InChI is InChI=1S/C17H16ClNO.C4H4O4/c1-19-9-14-12-4-2-3-5-16(12)20-17-7-6-11(18)8-13(17)15(14)10-19;5-3(6)1-2-4(7)8/h2-8,14-15H,9-10H2,1H3;1-2H,(H,5,6)(H,7,8)/b;2-1+/t14-,15-;/m1./s1. The molecule has 0 aromatic heterocycles. The molecule has 6 nitrogen and oxygen atoms in total. The van der Waals surface area contributed by atoms with Crippen molar-refractivity contribution in [1.29, 1.82) is 0 Å². The topological polar surface area (TPSA) is 87.1 Å². The van der Waals surface area contributed by atoms with Crippen LogP contribution >= 0.6 is 11.6 Å². The van der Waals surface area contributed by atoms with Crippen LogP contribution in [-0.4, -0.2) is 47.2 Å². The van der Waals surface area contributed by atoms with Crippen molar-refractivity contribution in [1.82, 2.24) is 4.90 Å². The Balaban J connectivity index is 0.000000242. The molecule has 2 N–H and O–H groups in total. The molecule has 2 aliphatic heterocycles. The van der Waals surface area contributed by atoms with Crippen molar-refractivity contribution < 1.29 is 24.5 Å². The smallest absolute Gasteiger partial charge is 0.328 e. The summed E-state index contributed by atoms with van der Waals surface area (Å²) >= 11 is 6.20. The predicted octanol–water partition coefficient (Wildman–Crippen LogP) is 3.97. The van der Waals surface area contributed by atoms with Crippen molar-refractivity contribution in [2.75, 3.05) is 20.1 Å². The largest absolute Gasteiger partial charge is 0.478 e. The zero-order valence-corrected chi connectivity index (χ0v) is 16.0. The number of para-hydroxylation sites is 1. The minimum atomic E-state index is -1.26. The van der Waals surface area contributed by atoms with Gasteiger partial charge in [-0.05, 0) is 36.9 Å². The van der Waals surface area contributed by atoms with Gasteiger partial charge in [-0.3, -0.25) is 0 Å². The third kappa shape index (κ3) is 4.52. The first-order valence-corrected chi connectivity index (χ1v) is 9.11. The van der Waals surface area contributed by atoms with E-state index in [0.717, 1.165) is 29.6 Å². The van der Waals surface area contributed by atoms with Crippen LogP contribution in [0.4, 0.5) is 0 Å². The van der Waals surface area contributed by atoms with Crippen molar-refractivity contribution >= 4 is 23.5 Å². The molecular formula is C21H20ClNO5. The molecule has 0 bridgehead atoms. The normalized spacial score (nSPS) is 20.1. The van der Waals surface area contributed by atoms with E-state index >= 15 is 0 Å². The van der Waals surface area contributed by atoms with Crippen LogP contribution in [0.15, 0.2) is 54.6 Å². The summed E-state index contributed by atoms with van der Waals surface area (Å²) in [4.78, 5) is 21.5. The van der Waals surface area contributed by atoms with E-state index in [1.807, 2.05) is 18.2 Å². The lowest BCUT2D eigenvalue weighted by Gasteiger charge is -2.17. The Morgan fingerprint density at radius 2 is 1.57 bits per heavy atom. The van der Waals surface area contributed by atoms with Crippen molar-refractivity contribution in [2.24, 2.45) is 0 Å². The number of carboxylic acid groups (broad SMARTS) is 2. The molecule has 0 saturated carbocycles. The van der Waals surface area contributed by atoms with E-state index in [1.54, 1.807) is 0 Å². The number of nitrogens with zero attached hydrogens (tertiary/aromatic N) is 1. The van der Waals surface area contributed by atoms with Crippen molar-refractivity contribution in [2.45, 2.75) is 11.8 Å². The fourth-order valence-corrected chi connectivity index (χ4v) is 3.85. The van der Waals surface area contributed by atoms with E-state index < -0.39 is 11.9 Å². The van der Waals surface area contributed by atoms with E-state index in [1.165, 1.54) is 11.1 Å². The number of likely N-dealkylation sites (N-methyl/N-ethyl adjacent to an activating group) is 1. The first-order valence-electron chi connectivity index (χ1n) is 8.74. The highest BCUT2D eigenvalue weighted by Crippen LogP contribution is 2.49. The molecule has 0 aliphatic carbocycles. The molecule has 2 atom stereocenters. The van der Waals surface area contributed by atoms with Crippen molar-refractivity contribution in [3.05, 3.63) is 70.8 Å². The van der Waals surface area contributed by atoms with E-state index in [-0.39, 0.29) is 0 Å². The van der Waals surface area contributed by atoms with Gasteiger partial charge in [0.1, 0.15) is 11.5 Å². The van der Waals surface area contributed by atoms with Crippen LogP contribution in [0, 0.1) is 0 Å². The van der Waals surface area contributed by atoms with Crippen molar-refractivity contribution in [3.63, 3.8) is 0 Å². The lowest BCUT2D eigenvalue weighted by molar-refractivity contribution is -0.134. The molecule has 0 amide bonds. The molecular weight excluding hydrogens is 382 g/mol. The number of carboxylic acids is 2. The Bertz CT molecular complexity index is 911. The minimum Gasteiger partial charge on any atom is -0.478 e. The lowest BCUT2D eigenvalue weighted by atomic mass is 9.84. The zero-order valence-electron chi connectivity index (χ0n) is 15.2. The number of likely N-dealkylation sites (tertiary alicyclic amines) is 1. The van der Waals surface area contributed by atoms with Crippen LogP contribution in [0.25, 0.3) is 0 Å². The Hall–Kier alpha value is -2.83. The molecule has 2 aromatic carbocycles. The Labute approximate surface area is 167 Å². The van der Waals surface area contributed by atoms with Gasteiger partial charge < -0.3 is 19.8 Å². The number of rotatable bonds is 2. The van der Waals surface area contributed by atoms with E-state index in [0.29, 0.717) is 24.0 Å². The number of fused-ring (bicyclic) bond motifs is 5. The summed E-state index contributed by atoms with van der Waals surface area (Å²) in [6, 6.07) is 14.4. The molecule has 2 aromatic rings. The molecule has 1 fully saturated rings. The first kappa shape index (κ1) is 19.9. The van der Waals surface area contributed by atoms with Gasteiger partial charge in [-0.25, -0.2) is 9.59 Å². The summed E-state index contributed by atoms with van der Waals surface area (Å²) in [5, 5.41) is 16.4. The van der Waals surface area contributed by atoms with E-state index in [9.17, 15) is 9.59 Å². The summed E-state index contributed by atoms with van der Waals surface area (Å²) in [7, 11) is 2.18. The molecule has 0 spiro atoms. The molecule has 0 unspecified atom stereocenters. The number of benzene rings is 2. The number of ether oxygens (including phenoxy) is 1. The second-order valence-electron chi connectivity index (χ2n) is 6.77. The average molecular weight is 402 g/mol. The third-order valence-electron chi connectivity index (χ3n) is 4.78. The average Bonchev–Trinajstić information content (AvgIpc) is 2.98. The summed E-state index contributed by atoms with van der Waals surface area (Å²) in [6.45, 7) is 2.12. The van der Waals surface area contributed by atoms with Crippen molar-refractivity contribution in [3.8, 4) is 11.5 Å². The van der Waals surface area contributed by atoms with Gasteiger partial charge in [-0.2, -0.15) is 0 Å². The third-order valence-corrected chi connectivity index (χ3v) is 5.02. The van der Waals surface area contributed by atoms with Gasteiger partial charge in [-0.1, -0.05) is 29.8 Å². The predicted molar refractivity (Wildman–Crippen MR) is 105 cm³/mol. The van der Waals surface area contributed by atoms with Gasteiger partial charge in [0.15, 0.2) is 0 Å². The molecule has 0 radical (unpaired) electrons. The highest BCUT2D eigenvalue weighted by molar-refractivity contribution is 6.30. The second-order valence-corrected chi connectivity index (χ2v) is 7.20. The van der Waals surface area contributed by atoms with Gasteiger partial charge in [0.05, 0.1) is 0 Å². The summed E-state index contributed by atoms with van der Waals surface area (Å²) in [5.41, 5.74) is 2.55. The molecule has 2 aliphatic rings. The highest BCUT2D eigenvalue weighted by Gasteiger charge is 2.38. The summed E-state index contributed by atoms with van der Waals surface area (Å²) < 4.78 is 6.15. The Kier molecular flexibility index (Phi) is 6.02. The maximum Gasteiger partial charge on any atom is 0.328 e. The van der Waals surface area contributed by atoms with Gasteiger partial charge in [0, 0.05) is 47.7 Å². The summed E-state index contributed by atoms with van der Waals surface area (Å²) in [5.74, 6) is 0.358. The number of hydrogen-bond donors (Lipinski definition) is 2. The Morgan fingerprint density at radius 1 is 1.00 bits per heavy atom. The SMILES string of the molecule is CN1C[C@@H]2c3ccccc3Oc3ccc(Cl)cc3[C@H]2C1.O=C(O)/C=C/C(=O)O. The maximum atomic E-state index is 9.55. The van der Waals surface area contributed by atoms with E-state index in [2.05, 4.69) is 36.2 Å². The molecule has 4 rings (SSSR count). The van der Waals surface area contributed by atoms with Crippen LogP contribution in [0.5, 0.6) is 11.5 Å². The number of aliphatic carboxylic acids is 2. The minimum absolute atomic E-state index is 0.456. The maximum absolute atomic E-state index is 9.55. The van der Waals surface area contributed by atoms with Crippen LogP contribution in [0.3, 0.4) is 0 Å².